The first-order valence-corrected chi connectivity index (χ1v) is 8.42. The van der Waals surface area contributed by atoms with E-state index in [4.69, 9.17) is 4.74 Å². The number of pyridine rings is 1. The van der Waals surface area contributed by atoms with Gasteiger partial charge in [-0.25, -0.2) is 4.98 Å². The Morgan fingerprint density at radius 1 is 1.25 bits per heavy atom. The summed E-state index contributed by atoms with van der Waals surface area (Å²) < 4.78 is 5.94. The minimum atomic E-state index is 0.270. The van der Waals surface area contributed by atoms with Crippen molar-refractivity contribution < 1.29 is 4.74 Å². The molecule has 6 heteroatoms. The van der Waals surface area contributed by atoms with Crippen LogP contribution in [0.2, 0.25) is 0 Å². The zero-order valence-electron chi connectivity index (χ0n) is 14.4. The Morgan fingerprint density at radius 3 is 2.96 bits per heavy atom. The number of hydrogen-bond donors (Lipinski definition) is 0. The molecule has 0 N–H and O–H groups in total. The standard InChI is InChI=1S/C18H25N5O/c1-22(2)18-11-15(5-6-21-18)3-4-17-14-23(9-10-24-17)13-16-12-19-7-8-20-16/h5-8,11-12,17H,3-4,9-10,13-14H2,1-2H3/t17-/m0/s1. The third-order valence-electron chi connectivity index (χ3n) is 4.25. The molecular formula is C18H25N5O. The molecule has 3 rings (SSSR count). The topological polar surface area (TPSA) is 54.4 Å². The van der Waals surface area contributed by atoms with Gasteiger partial charge >= 0.3 is 0 Å². The van der Waals surface area contributed by atoms with Crippen LogP contribution in [0.3, 0.4) is 0 Å². The molecule has 1 fully saturated rings. The maximum absolute atomic E-state index is 5.94. The molecule has 0 bridgehead atoms. The number of morpholine rings is 1. The fourth-order valence-corrected chi connectivity index (χ4v) is 2.93. The SMILES string of the molecule is CN(C)c1cc(CC[C@H]2CN(Cc3cnccn3)CCO2)ccn1. The predicted octanol–water partition coefficient (Wildman–Crippen LogP) is 1.77. The largest absolute Gasteiger partial charge is 0.376 e. The van der Waals surface area contributed by atoms with E-state index in [0.29, 0.717) is 0 Å². The summed E-state index contributed by atoms with van der Waals surface area (Å²) in [6.45, 7) is 3.52. The van der Waals surface area contributed by atoms with Crippen LogP contribution in [0, 0.1) is 0 Å². The zero-order chi connectivity index (χ0) is 16.8. The van der Waals surface area contributed by atoms with Gasteiger partial charge in [0.2, 0.25) is 0 Å². The molecule has 128 valence electrons. The van der Waals surface area contributed by atoms with Gasteiger partial charge in [-0.05, 0) is 30.5 Å². The van der Waals surface area contributed by atoms with Crippen LogP contribution in [0.25, 0.3) is 0 Å². The summed E-state index contributed by atoms with van der Waals surface area (Å²) in [4.78, 5) is 17.3. The lowest BCUT2D eigenvalue weighted by atomic mass is 10.1. The quantitative estimate of drug-likeness (QED) is 0.806. The second-order valence-electron chi connectivity index (χ2n) is 6.38. The van der Waals surface area contributed by atoms with E-state index in [1.807, 2.05) is 31.4 Å². The fraction of sp³-hybridized carbons (Fsp3) is 0.500. The van der Waals surface area contributed by atoms with Crippen molar-refractivity contribution >= 4 is 5.82 Å². The smallest absolute Gasteiger partial charge is 0.128 e. The van der Waals surface area contributed by atoms with Crippen molar-refractivity contribution in [1.29, 1.82) is 0 Å². The van der Waals surface area contributed by atoms with Gasteiger partial charge in [0.25, 0.3) is 0 Å². The average molecular weight is 327 g/mol. The average Bonchev–Trinajstić information content (AvgIpc) is 2.61. The van der Waals surface area contributed by atoms with Crippen LogP contribution in [0.1, 0.15) is 17.7 Å². The lowest BCUT2D eigenvalue weighted by Gasteiger charge is -2.32. The summed E-state index contributed by atoms with van der Waals surface area (Å²) in [5.74, 6) is 1.00. The van der Waals surface area contributed by atoms with Gasteiger partial charge in [0.05, 0.1) is 18.4 Å². The third-order valence-corrected chi connectivity index (χ3v) is 4.25. The summed E-state index contributed by atoms with van der Waals surface area (Å²) >= 11 is 0. The van der Waals surface area contributed by atoms with E-state index in [0.717, 1.165) is 50.6 Å². The monoisotopic (exact) mass is 327 g/mol. The first kappa shape index (κ1) is 16.8. The van der Waals surface area contributed by atoms with Crippen LogP contribution < -0.4 is 4.90 Å². The van der Waals surface area contributed by atoms with E-state index in [1.165, 1.54) is 5.56 Å². The predicted molar refractivity (Wildman–Crippen MR) is 93.9 cm³/mol. The molecule has 0 spiro atoms. The number of anilines is 1. The summed E-state index contributed by atoms with van der Waals surface area (Å²) in [7, 11) is 4.03. The molecule has 2 aromatic rings. The van der Waals surface area contributed by atoms with E-state index in [-0.39, 0.29) is 6.10 Å². The van der Waals surface area contributed by atoms with Crippen molar-refractivity contribution in [2.24, 2.45) is 0 Å². The molecule has 1 saturated heterocycles. The second-order valence-corrected chi connectivity index (χ2v) is 6.38. The van der Waals surface area contributed by atoms with E-state index in [9.17, 15) is 0 Å². The van der Waals surface area contributed by atoms with E-state index >= 15 is 0 Å². The molecule has 6 nitrogen and oxygen atoms in total. The highest BCUT2D eigenvalue weighted by Gasteiger charge is 2.20. The summed E-state index contributed by atoms with van der Waals surface area (Å²) in [6, 6.07) is 4.24. The molecule has 24 heavy (non-hydrogen) atoms. The number of aromatic nitrogens is 3. The van der Waals surface area contributed by atoms with Crippen molar-refractivity contribution in [1.82, 2.24) is 19.9 Å². The second kappa shape index (κ2) is 8.17. The van der Waals surface area contributed by atoms with Crippen LogP contribution in [-0.4, -0.2) is 59.7 Å². The van der Waals surface area contributed by atoms with Crippen molar-refractivity contribution in [3.8, 4) is 0 Å². The van der Waals surface area contributed by atoms with Crippen LogP contribution >= 0.6 is 0 Å². The number of aryl methyl sites for hydroxylation is 1. The molecule has 3 heterocycles. The van der Waals surface area contributed by atoms with Crippen LogP contribution in [-0.2, 0) is 17.7 Å². The maximum atomic E-state index is 5.94. The Bertz CT molecular complexity index is 634. The lowest BCUT2D eigenvalue weighted by molar-refractivity contribution is -0.0349. The molecule has 0 unspecified atom stereocenters. The highest BCUT2D eigenvalue weighted by atomic mass is 16.5. The maximum Gasteiger partial charge on any atom is 0.128 e. The Morgan fingerprint density at radius 2 is 2.17 bits per heavy atom. The van der Waals surface area contributed by atoms with Crippen LogP contribution in [0.5, 0.6) is 0 Å². The van der Waals surface area contributed by atoms with Crippen molar-refractivity contribution in [3.63, 3.8) is 0 Å². The molecular weight excluding hydrogens is 302 g/mol. The van der Waals surface area contributed by atoms with Gasteiger partial charge < -0.3 is 9.64 Å². The Hall–Kier alpha value is -2.05. The van der Waals surface area contributed by atoms with Gasteiger partial charge in [-0.2, -0.15) is 0 Å². The molecule has 0 saturated carbocycles. The molecule has 0 aliphatic carbocycles. The Kier molecular flexibility index (Phi) is 5.72. The Labute approximate surface area is 143 Å². The molecule has 0 amide bonds. The highest BCUT2D eigenvalue weighted by Crippen LogP contribution is 2.16. The van der Waals surface area contributed by atoms with Gasteiger partial charge in [0, 0.05) is 58.5 Å². The summed E-state index contributed by atoms with van der Waals surface area (Å²) in [5, 5.41) is 0. The first-order valence-electron chi connectivity index (χ1n) is 8.42. The van der Waals surface area contributed by atoms with Gasteiger partial charge in [-0.3, -0.25) is 14.9 Å². The molecule has 1 aliphatic rings. The molecule has 1 atom stereocenters. The van der Waals surface area contributed by atoms with E-state index in [1.54, 1.807) is 12.4 Å². The van der Waals surface area contributed by atoms with Crippen molar-refractivity contribution in [2.45, 2.75) is 25.5 Å². The van der Waals surface area contributed by atoms with Gasteiger partial charge in [0.15, 0.2) is 0 Å². The number of rotatable bonds is 6. The minimum absolute atomic E-state index is 0.270. The summed E-state index contributed by atoms with van der Waals surface area (Å²) in [5.41, 5.74) is 2.33. The first-order chi connectivity index (χ1) is 11.7. The van der Waals surface area contributed by atoms with Crippen molar-refractivity contribution in [2.75, 3.05) is 38.7 Å². The van der Waals surface area contributed by atoms with Crippen LogP contribution in [0.15, 0.2) is 36.9 Å². The lowest BCUT2D eigenvalue weighted by Crippen LogP contribution is -2.42. The summed E-state index contributed by atoms with van der Waals surface area (Å²) in [6.07, 6.45) is 9.48. The Balaban J connectivity index is 1.51. The normalized spacial score (nSPS) is 18.5. The molecule has 2 aromatic heterocycles. The third kappa shape index (κ3) is 4.72. The van der Waals surface area contributed by atoms with E-state index < -0.39 is 0 Å². The van der Waals surface area contributed by atoms with Gasteiger partial charge in [0.1, 0.15) is 5.82 Å². The van der Waals surface area contributed by atoms with E-state index in [2.05, 4.69) is 32.0 Å². The molecule has 0 aromatic carbocycles. The fourth-order valence-electron chi connectivity index (χ4n) is 2.93. The number of ether oxygens (including phenoxy) is 1. The van der Waals surface area contributed by atoms with Gasteiger partial charge in [-0.1, -0.05) is 0 Å². The van der Waals surface area contributed by atoms with Crippen molar-refractivity contribution in [3.05, 3.63) is 48.2 Å². The minimum Gasteiger partial charge on any atom is -0.376 e. The van der Waals surface area contributed by atoms with Crippen LogP contribution in [0.4, 0.5) is 5.82 Å². The highest BCUT2D eigenvalue weighted by molar-refractivity contribution is 5.39. The number of nitrogens with zero attached hydrogens (tertiary/aromatic N) is 5. The zero-order valence-corrected chi connectivity index (χ0v) is 14.4. The molecule has 0 radical (unpaired) electrons. The number of hydrogen-bond acceptors (Lipinski definition) is 6. The van der Waals surface area contributed by atoms with Gasteiger partial charge in [-0.15, -0.1) is 0 Å². The molecule has 1 aliphatic heterocycles.